The summed E-state index contributed by atoms with van der Waals surface area (Å²) < 4.78 is 4.84. The Labute approximate surface area is 354 Å². The van der Waals surface area contributed by atoms with Gasteiger partial charge in [0, 0.05) is 32.9 Å². The Kier molecular flexibility index (Phi) is 7.36. The Morgan fingerprint density at radius 3 is 1.44 bits per heavy atom. The molecular weight excluding hydrogens is 753 g/mol. The molecule has 1 aliphatic heterocycles. The predicted molar refractivity (Wildman–Crippen MR) is 261 cm³/mol. The zero-order valence-corrected chi connectivity index (χ0v) is 34.3. The first-order chi connectivity index (χ1) is 30.3. The largest absolute Gasteiger partial charge is 0.309 e. The van der Waals surface area contributed by atoms with E-state index in [0.717, 1.165) is 0 Å². The summed E-state index contributed by atoms with van der Waals surface area (Å²) in [7, 11) is -2.67. The molecule has 284 valence electrons. The molecule has 13 rings (SSSR count). The molecule has 0 saturated carbocycles. The smallest absolute Gasteiger partial charge is 0.180 e. The van der Waals surface area contributed by atoms with Crippen LogP contribution in [0.5, 0.6) is 0 Å². The van der Waals surface area contributed by atoms with Gasteiger partial charge in [-0.25, -0.2) is 0 Å². The second-order valence-electron chi connectivity index (χ2n) is 16.4. The van der Waals surface area contributed by atoms with Gasteiger partial charge in [-0.15, -0.1) is 0 Å². The molecule has 0 amide bonds. The highest BCUT2D eigenvalue weighted by Gasteiger charge is 2.49. The van der Waals surface area contributed by atoms with E-state index in [4.69, 9.17) is 0 Å². The summed E-state index contributed by atoms with van der Waals surface area (Å²) in [6.45, 7) is 0. The van der Waals surface area contributed by atoms with Gasteiger partial charge in [-0.1, -0.05) is 170 Å². The fourth-order valence-electron chi connectivity index (χ4n) is 10.8. The molecule has 2 nitrogen and oxygen atoms in total. The molecule has 3 heteroatoms. The third-order valence-electron chi connectivity index (χ3n) is 13.4. The topological polar surface area (TPSA) is 9.86 Å². The van der Waals surface area contributed by atoms with E-state index < -0.39 is 8.07 Å². The van der Waals surface area contributed by atoms with Crippen molar-refractivity contribution in [2.75, 3.05) is 0 Å². The first kappa shape index (κ1) is 34.2. The molecule has 10 aromatic carbocycles. The van der Waals surface area contributed by atoms with Crippen LogP contribution in [0.25, 0.3) is 88.0 Å². The zero-order valence-electron chi connectivity index (χ0n) is 33.3. The molecule has 3 heterocycles. The van der Waals surface area contributed by atoms with Crippen LogP contribution in [0.1, 0.15) is 0 Å². The minimum Gasteiger partial charge on any atom is -0.309 e. The summed E-state index contributed by atoms with van der Waals surface area (Å²) >= 11 is 0. The summed E-state index contributed by atoms with van der Waals surface area (Å²) in [6.07, 6.45) is 0. The highest BCUT2D eigenvalue weighted by Crippen LogP contribution is 2.39. The van der Waals surface area contributed by atoms with Gasteiger partial charge in [0.2, 0.25) is 0 Å². The summed E-state index contributed by atoms with van der Waals surface area (Å²) in [4.78, 5) is 0. The van der Waals surface area contributed by atoms with Gasteiger partial charge in [-0.05, 0) is 114 Å². The summed E-state index contributed by atoms with van der Waals surface area (Å²) in [5, 5.41) is 13.4. The number of nitrogens with zero attached hydrogens (tertiary/aromatic N) is 2. The number of hydrogen-bond donors (Lipinski definition) is 0. The Bertz CT molecular complexity index is 3690. The fourth-order valence-corrected chi connectivity index (χ4v) is 16.0. The van der Waals surface area contributed by atoms with Gasteiger partial charge in [-0.2, -0.15) is 0 Å². The molecule has 0 saturated heterocycles. The molecule has 1 unspecified atom stereocenters. The van der Waals surface area contributed by atoms with Gasteiger partial charge in [0.25, 0.3) is 0 Å². The number of fused-ring (bicyclic) bond motifs is 11. The van der Waals surface area contributed by atoms with Crippen molar-refractivity contribution in [1.29, 1.82) is 0 Å². The van der Waals surface area contributed by atoms with Crippen molar-refractivity contribution in [1.82, 2.24) is 9.13 Å². The minimum atomic E-state index is -2.67. The summed E-state index contributed by atoms with van der Waals surface area (Å²) in [5.41, 5.74) is 12.4. The number of hydrogen-bond acceptors (Lipinski definition) is 0. The third-order valence-corrected chi connectivity index (χ3v) is 18.3. The van der Waals surface area contributed by atoms with Crippen LogP contribution in [0.4, 0.5) is 0 Å². The number of aromatic nitrogens is 2. The predicted octanol–water partition coefficient (Wildman–Crippen LogP) is 12.1. The lowest BCUT2D eigenvalue weighted by Gasteiger charge is -2.31. The average molecular weight is 791 g/mol. The first-order valence-electron chi connectivity index (χ1n) is 21.2. The normalized spacial score (nSPS) is 14.6. The number of rotatable bonds is 5. The molecule has 1 aliphatic rings. The van der Waals surface area contributed by atoms with Gasteiger partial charge in [0.05, 0.1) is 22.1 Å². The van der Waals surface area contributed by atoms with Crippen LogP contribution in [-0.2, 0) is 0 Å². The van der Waals surface area contributed by atoms with E-state index in [1.54, 1.807) is 0 Å². The Hall–Kier alpha value is -7.72. The lowest BCUT2D eigenvalue weighted by molar-refractivity contribution is 1.18. The molecule has 12 aromatic rings. The second-order valence-corrected chi connectivity index (χ2v) is 20.2. The maximum atomic E-state index is 2.45. The quantitative estimate of drug-likeness (QED) is 0.154. The van der Waals surface area contributed by atoms with Crippen LogP contribution in [0.15, 0.2) is 231 Å². The molecule has 0 fully saturated rings. The Morgan fingerprint density at radius 1 is 0.295 bits per heavy atom. The van der Waals surface area contributed by atoms with E-state index in [2.05, 4.69) is 240 Å². The van der Waals surface area contributed by atoms with E-state index in [9.17, 15) is 0 Å². The molecule has 0 bridgehead atoms. The van der Waals surface area contributed by atoms with Gasteiger partial charge < -0.3 is 9.13 Å². The summed E-state index contributed by atoms with van der Waals surface area (Å²) in [6, 6.07) is 86.1. The van der Waals surface area contributed by atoms with Crippen molar-refractivity contribution in [3.8, 4) is 33.6 Å². The van der Waals surface area contributed by atoms with E-state index in [1.165, 1.54) is 109 Å². The molecule has 61 heavy (non-hydrogen) atoms. The van der Waals surface area contributed by atoms with Crippen molar-refractivity contribution in [2.45, 2.75) is 0 Å². The van der Waals surface area contributed by atoms with Crippen LogP contribution < -0.4 is 20.7 Å². The number of benzene rings is 10. The van der Waals surface area contributed by atoms with E-state index >= 15 is 0 Å². The van der Waals surface area contributed by atoms with E-state index in [1.807, 2.05) is 0 Å². The lowest BCUT2D eigenvalue weighted by Crippen LogP contribution is -2.72. The Balaban J connectivity index is 0.970. The molecule has 0 radical (unpaired) electrons. The van der Waals surface area contributed by atoms with Crippen molar-refractivity contribution in [3.63, 3.8) is 0 Å². The van der Waals surface area contributed by atoms with Crippen LogP contribution >= 0.6 is 0 Å². The summed E-state index contributed by atoms with van der Waals surface area (Å²) in [5.74, 6) is 0. The molecule has 1 atom stereocenters. The molecule has 0 aliphatic carbocycles. The maximum absolute atomic E-state index is 2.67. The van der Waals surface area contributed by atoms with Gasteiger partial charge in [0.1, 0.15) is 0 Å². The SMILES string of the molecule is c1ccc(-n2c3ccccc3c3cc(-c4ccc5c(c4)c4ccccc4n5-c4ccc([Si]5(c6ccccc6)c6ccccc6-c6c5ccc5ccccc65)cc4)ccc32)cc1. The fraction of sp³-hybridized carbons (Fsp3) is 0. The van der Waals surface area contributed by atoms with Gasteiger partial charge in [-0.3, -0.25) is 0 Å². The van der Waals surface area contributed by atoms with Crippen LogP contribution in [-0.4, -0.2) is 17.2 Å². The van der Waals surface area contributed by atoms with Crippen LogP contribution in [0, 0.1) is 0 Å². The van der Waals surface area contributed by atoms with E-state index in [0.29, 0.717) is 0 Å². The third kappa shape index (κ3) is 4.84. The van der Waals surface area contributed by atoms with Crippen molar-refractivity contribution in [2.24, 2.45) is 0 Å². The highest BCUT2D eigenvalue weighted by atomic mass is 28.3. The van der Waals surface area contributed by atoms with Crippen LogP contribution in [0.3, 0.4) is 0 Å². The highest BCUT2D eigenvalue weighted by molar-refractivity contribution is 7.22. The first-order valence-corrected chi connectivity index (χ1v) is 23.2. The molecular formula is C58H38N2Si. The molecule has 0 N–H and O–H groups in total. The Morgan fingerprint density at radius 2 is 0.787 bits per heavy atom. The second kappa shape index (κ2) is 13.1. The lowest BCUT2D eigenvalue weighted by atomic mass is 9.98. The van der Waals surface area contributed by atoms with Crippen molar-refractivity contribution < 1.29 is 0 Å². The standard InChI is InChI=1S/C58H38N2Si/c1-3-16-42(17-4-1)59-52-24-12-9-21-47(52)50-37-40(27-34-54(50)59)41-28-35-55-51(38-41)48-22-10-13-25-53(48)60(55)43-30-32-45(33-31-43)61(44-18-5-2-6-19-44)56-26-14-11-23-49(56)58-46-20-8-7-15-39(46)29-36-57(58)61/h1-38H. The van der Waals surface area contributed by atoms with Crippen molar-refractivity contribution in [3.05, 3.63) is 231 Å². The molecule has 2 aromatic heterocycles. The van der Waals surface area contributed by atoms with E-state index in [-0.39, 0.29) is 0 Å². The number of para-hydroxylation sites is 3. The molecule has 0 spiro atoms. The van der Waals surface area contributed by atoms with Gasteiger partial charge >= 0.3 is 0 Å². The van der Waals surface area contributed by atoms with Crippen molar-refractivity contribution >= 4 is 83.2 Å². The van der Waals surface area contributed by atoms with Crippen LogP contribution in [0.2, 0.25) is 0 Å². The van der Waals surface area contributed by atoms with Gasteiger partial charge in [0.15, 0.2) is 8.07 Å². The average Bonchev–Trinajstić information content (AvgIpc) is 3.96. The minimum absolute atomic E-state index is 1.17. The zero-order chi connectivity index (χ0) is 40.1. The maximum Gasteiger partial charge on any atom is 0.180 e. The monoisotopic (exact) mass is 790 g/mol.